The number of benzene rings is 2. The Morgan fingerprint density at radius 3 is 2.42 bits per heavy atom. The summed E-state index contributed by atoms with van der Waals surface area (Å²) < 4.78 is 7.62. The van der Waals surface area contributed by atoms with E-state index in [0.29, 0.717) is 12.3 Å². The van der Waals surface area contributed by atoms with Crippen LogP contribution in [0.2, 0.25) is 0 Å². The third kappa shape index (κ3) is 5.12. The molecule has 0 spiro atoms. The molecule has 0 saturated heterocycles. The van der Waals surface area contributed by atoms with Gasteiger partial charge in [0.05, 0.1) is 0 Å². The lowest BCUT2D eigenvalue weighted by atomic mass is 10.1. The summed E-state index contributed by atoms with van der Waals surface area (Å²) in [5.74, 6) is 0.339. The summed E-state index contributed by atoms with van der Waals surface area (Å²) >= 11 is 0. The summed E-state index contributed by atoms with van der Waals surface area (Å²) in [6.45, 7) is 10.0. The van der Waals surface area contributed by atoms with Crippen LogP contribution >= 0.6 is 0 Å². The van der Waals surface area contributed by atoms with E-state index in [2.05, 4.69) is 16.5 Å². The number of anilines is 1. The molecule has 0 aliphatic carbocycles. The van der Waals surface area contributed by atoms with E-state index in [0.717, 1.165) is 34.0 Å². The molecule has 0 radical (unpaired) electrons. The summed E-state index contributed by atoms with van der Waals surface area (Å²) in [5, 5.41) is 12.3. The molecule has 0 fully saturated rings. The monoisotopic (exact) mass is 411 g/mol. The number of nitrogens with zero attached hydrogens (tertiary/aromatic N) is 2. The Hall–Kier alpha value is -4.04. The van der Waals surface area contributed by atoms with Gasteiger partial charge in [-0.15, -0.1) is 0 Å². The average molecular weight is 412 g/mol. The van der Waals surface area contributed by atoms with E-state index in [9.17, 15) is 10.1 Å². The maximum Gasteiger partial charge on any atom is 0.266 e. The number of aromatic nitrogens is 1. The van der Waals surface area contributed by atoms with Gasteiger partial charge in [0, 0.05) is 22.8 Å². The van der Waals surface area contributed by atoms with E-state index in [1.165, 1.54) is 0 Å². The summed E-state index contributed by atoms with van der Waals surface area (Å²) in [4.78, 5) is 12.6. The van der Waals surface area contributed by atoms with Crippen LogP contribution in [0.4, 0.5) is 5.69 Å². The topological polar surface area (TPSA) is 67.0 Å². The minimum atomic E-state index is -0.431. The quantitative estimate of drug-likeness (QED) is 0.316. The van der Waals surface area contributed by atoms with Crippen molar-refractivity contribution in [2.45, 2.75) is 20.8 Å². The second kappa shape index (κ2) is 9.64. The first-order valence-corrected chi connectivity index (χ1v) is 9.96. The number of carbonyl (C=O) groups excluding carboxylic acids is 1. The van der Waals surface area contributed by atoms with Crippen molar-refractivity contribution in [3.05, 3.63) is 95.3 Å². The Morgan fingerprint density at radius 2 is 1.81 bits per heavy atom. The largest absolute Gasteiger partial charge is 0.490 e. The fraction of sp³-hybridized carbons (Fsp3) is 0.154. The Bertz CT molecular complexity index is 1160. The number of rotatable bonds is 7. The van der Waals surface area contributed by atoms with E-state index >= 15 is 0 Å². The van der Waals surface area contributed by atoms with Crippen LogP contribution in [-0.4, -0.2) is 17.1 Å². The van der Waals surface area contributed by atoms with E-state index in [1.807, 2.05) is 81.4 Å². The first-order valence-electron chi connectivity index (χ1n) is 9.96. The number of hydrogen-bond acceptors (Lipinski definition) is 3. The molecule has 0 saturated carbocycles. The number of nitriles is 1. The third-order valence-electron chi connectivity index (χ3n) is 4.91. The van der Waals surface area contributed by atoms with Gasteiger partial charge < -0.3 is 14.6 Å². The standard InChI is InChI=1S/C26H25N3O2/c1-5-14-31-25-12-10-24(11-13-25)29-19(3)15-21(20(29)4)16-22(17-27)26(30)28-23-8-6-18(2)7-9-23/h5-13,15-16H,1,14H2,2-4H3,(H,28,30)/b22-16-. The molecule has 156 valence electrons. The highest BCUT2D eigenvalue weighted by Crippen LogP contribution is 2.24. The van der Waals surface area contributed by atoms with Crippen molar-refractivity contribution in [2.24, 2.45) is 0 Å². The Morgan fingerprint density at radius 1 is 1.13 bits per heavy atom. The third-order valence-corrected chi connectivity index (χ3v) is 4.91. The van der Waals surface area contributed by atoms with E-state index in [4.69, 9.17) is 4.74 Å². The molecule has 2 aromatic carbocycles. The number of amides is 1. The smallest absolute Gasteiger partial charge is 0.266 e. The molecule has 0 atom stereocenters. The van der Waals surface area contributed by atoms with Gasteiger partial charge in [-0.2, -0.15) is 5.26 Å². The van der Waals surface area contributed by atoms with Gasteiger partial charge in [-0.1, -0.05) is 30.4 Å². The summed E-state index contributed by atoms with van der Waals surface area (Å²) in [5.41, 5.74) is 5.54. The lowest BCUT2D eigenvalue weighted by Crippen LogP contribution is -2.13. The first kappa shape index (κ1) is 21.7. The molecule has 5 nitrogen and oxygen atoms in total. The van der Waals surface area contributed by atoms with Gasteiger partial charge >= 0.3 is 0 Å². The van der Waals surface area contributed by atoms with Gasteiger partial charge in [0.25, 0.3) is 5.91 Å². The SMILES string of the molecule is C=CCOc1ccc(-n2c(C)cc(/C=C(/C#N)C(=O)Nc3ccc(C)cc3)c2C)cc1. The van der Waals surface area contributed by atoms with Crippen molar-refractivity contribution in [3.8, 4) is 17.5 Å². The van der Waals surface area contributed by atoms with Gasteiger partial charge in [-0.05, 0) is 74.9 Å². The first-order chi connectivity index (χ1) is 14.9. The molecular formula is C26H25N3O2. The zero-order valence-electron chi connectivity index (χ0n) is 18.0. The fourth-order valence-electron chi connectivity index (χ4n) is 3.32. The molecule has 0 bridgehead atoms. The zero-order valence-corrected chi connectivity index (χ0v) is 18.0. The average Bonchev–Trinajstić information content (AvgIpc) is 3.05. The summed E-state index contributed by atoms with van der Waals surface area (Å²) in [6, 6.07) is 19.2. The van der Waals surface area contributed by atoms with Crippen LogP contribution in [0.5, 0.6) is 5.75 Å². The molecule has 31 heavy (non-hydrogen) atoms. The summed E-state index contributed by atoms with van der Waals surface area (Å²) in [7, 11) is 0. The Balaban J connectivity index is 1.86. The van der Waals surface area contributed by atoms with E-state index in [-0.39, 0.29) is 5.57 Å². The zero-order chi connectivity index (χ0) is 22.4. The summed E-state index contributed by atoms with van der Waals surface area (Å²) in [6.07, 6.45) is 3.33. The van der Waals surface area contributed by atoms with Crippen LogP contribution in [0.1, 0.15) is 22.5 Å². The molecule has 0 aliphatic rings. The van der Waals surface area contributed by atoms with Crippen molar-refractivity contribution in [2.75, 3.05) is 11.9 Å². The molecule has 5 heteroatoms. The van der Waals surface area contributed by atoms with Crippen LogP contribution in [0, 0.1) is 32.1 Å². The van der Waals surface area contributed by atoms with Gasteiger partial charge in [0.1, 0.15) is 24.0 Å². The molecule has 1 aromatic heterocycles. The molecule has 0 aliphatic heterocycles. The van der Waals surface area contributed by atoms with Crippen molar-refractivity contribution in [1.82, 2.24) is 4.57 Å². The van der Waals surface area contributed by atoms with Crippen molar-refractivity contribution in [3.63, 3.8) is 0 Å². The van der Waals surface area contributed by atoms with Crippen LogP contribution in [0.3, 0.4) is 0 Å². The van der Waals surface area contributed by atoms with Gasteiger partial charge in [-0.25, -0.2) is 0 Å². The fourth-order valence-corrected chi connectivity index (χ4v) is 3.32. The van der Waals surface area contributed by atoms with Crippen LogP contribution in [0.25, 0.3) is 11.8 Å². The van der Waals surface area contributed by atoms with Crippen molar-refractivity contribution >= 4 is 17.7 Å². The Labute approximate surface area is 182 Å². The van der Waals surface area contributed by atoms with E-state index in [1.54, 1.807) is 12.2 Å². The molecular weight excluding hydrogens is 386 g/mol. The Kier molecular flexibility index (Phi) is 6.74. The van der Waals surface area contributed by atoms with Crippen LogP contribution < -0.4 is 10.1 Å². The van der Waals surface area contributed by atoms with Crippen molar-refractivity contribution in [1.29, 1.82) is 5.26 Å². The maximum absolute atomic E-state index is 12.6. The highest BCUT2D eigenvalue weighted by molar-refractivity contribution is 6.09. The van der Waals surface area contributed by atoms with Gasteiger partial charge in [0.15, 0.2) is 0 Å². The van der Waals surface area contributed by atoms with Gasteiger partial charge in [0.2, 0.25) is 0 Å². The molecule has 1 amide bonds. The van der Waals surface area contributed by atoms with Crippen LogP contribution in [-0.2, 0) is 4.79 Å². The number of hydrogen-bond donors (Lipinski definition) is 1. The number of carbonyl (C=O) groups is 1. The lowest BCUT2D eigenvalue weighted by Gasteiger charge is -2.11. The number of nitrogens with one attached hydrogen (secondary N) is 1. The maximum atomic E-state index is 12.6. The normalized spacial score (nSPS) is 11.0. The minimum Gasteiger partial charge on any atom is -0.490 e. The molecule has 1 N–H and O–H groups in total. The van der Waals surface area contributed by atoms with Gasteiger partial charge in [-0.3, -0.25) is 4.79 Å². The lowest BCUT2D eigenvalue weighted by molar-refractivity contribution is -0.112. The number of ether oxygens (including phenoxy) is 1. The molecule has 1 heterocycles. The second-order valence-electron chi connectivity index (χ2n) is 7.25. The molecule has 3 aromatic rings. The predicted octanol–water partition coefficient (Wildman–Crippen LogP) is 5.51. The van der Waals surface area contributed by atoms with E-state index < -0.39 is 5.91 Å². The highest BCUT2D eigenvalue weighted by atomic mass is 16.5. The van der Waals surface area contributed by atoms with Crippen molar-refractivity contribution < 1.29 is 9.53 Å². The number of aryl methyl sites for hydroxylation is 2. The highest BCUT2D eigenvalue weighted by Gasteiger charge is 2.14. The predicted molar refractivity (Wildman–Crippen MR) is 124 cm³/mol. The second-order valence-corrected chi connectivity index (χ2v) is 7.25. The molecule has 3 rings (SSSR count). The van der Waals surface area contributed by atoms with Crippen LogP contribution in [0.15, 0.2) is 72.8 Å². The molecule has 0 unspecified atom stereocenters. The minimum absolute atomic E-state index is 0.0500.